The molecule has 22 heavy (non-hydrogen) atoms. The minimum absolute atomic E-state index is 0.0612. The highest BCUT2D eigenvalue weighted by Gasteiger charge is 2.60. The van der Waals surface area contributed by atoms with Gasteiger partial charge in [-0.3, -0.25) is 4.79 Å². The molecule has 0 radical (unpaired) electrons. The van der Waals surface area contributed by atoms with Crippen molar-refractivity contribution in [1.82, 2.24) is 0 Å². The zero-order valence-corrected chi connectivity index (χ0v) is 13.3. The lowest BCUT2D eigenvalue weighted by atomic mass is 9.84. The van der Waals surface area contributed by atoms with Crippen LogP contribution in [0.25, 0.3) is 0 Å². The van der Waals surface area contributed by atoms with Crippen LogP contribution in [0.2, 0.25) is 0 Å². The third-order valence-corrected chi connectivity index (χ3v) is 5.04. The molecule has 3 fully saturated rings. The Hall–Kier alpha value is -0.750. The molecule has 0 unspecified atom stereocenters. The van der Waals surface area contributed by atoms with Crippen LogP contribution in [0, 0.1) is 0 Å². The quantitative estimate of drug-likeness (QED) is 0.806. The molecule has 3 rings (SSSR count). The van der Waals surface area contributed by atoms with Crippen LogP contribution in [0.5, 0.6) is 0 Å². The van der Waals surface area contributed by atoms with Gasteiger partial charge in [0.1, 0.15) is 23.6 Å². The SMILES string of the molecule is C=CC[C@@]1(O)CO[C@@H](CC(C)=O)[C@@H]2OC3(CCCCC3)O[C@@H]21. The van der Waals surface area contributed by atoms with Gasteiger partial charge in [0.2, 0.25) is 0 Å². The molecule has 5 heteroatoms. The van der Waals surface area contributed by atoms with E-state index in [-0.39, 0.29) is 24.6 Å². The van der Waals surface area contributed by atoms with Crippen LogP contribution >= 0.6 is 0 Å². The first kappa shape index (κ1) is 16.1. The lowest BCUT2D eigenvalue weighted by Gasteiger charge is -2.42. The molecule has 124 valence electrons. The predicted molar refractivity (Wildman–Crippen MR) is 80.4 cm³/mol. The molecule has 5 nitrogen and oxygen atoms in total. The van der Waals surface area contributed by atoms with Crippen LogP contribution in [-0.2, 0) is 19.0 Å². The second-order valence-corrected chi connectivity index (χ2v) is 6.94. The molecule has 0 aromatic rings. The van der Waals surface area contributed by atoms with Gasteiger partial charge in [-0.2, -0.15) is 0 Å². The van der Waals surface area contributed by atoms with Crippen molar-refractivity contribution >= 4 is 5.78 Å². The monoisotopic (exact) mass is 310 g/mol. The summed E-state index contributed by atoms with van der Waals surface area (Å²) in [5, 5.41) is 10.9. The summed E-state index contributed by atoms with van der Waals surface area (Å²) in [6.45, 7) is 5.42. The van der Waals surface area contributed by atoms with Crippen molar-refractivity contribution in [3.63, 3.8) is 0 Å². The van der Waals surface area contributed by atoms with E-state index in [1.165, 1.54) is 6.42 Å². The van der Waals surface area contributed by atoms with E-state index in [1.807, 2.05) is 0 Å². The number of Topliss-reactive ketones (excluding diaryl/α,β-unsaturated/α-hetero) is 1. The maximum atomic E-state index is 11.5. The van der Waals surface area contributed by atoms with E-state index in [4.69, 9.17) is 14.2 Å². The minimum atomic E-state index is -1.12. The van der Waals surface area contributed by atoms with Crippen molar-refractivity contribution < 1.29 is 24.1 Å². The van der Waals surface area contributed by atoms with Crippen molar-refractivity contribution in [2.45, 2.75) is 81.6 Å². The third-order valence-electron chi connectivity index (χ3n) is 5.04. The molecule has 1 aliphatic carbocycles. The normalized spacial score (nSPS) is 40.4. The van der Waals surface area contributed by atoms with Gasteiger partial charge in [-0.05, 0) is 26.2 Å². The van der Waals surface area contributed by atoms with E-state index in [9.17, 15) is 9.90 Å². The number of fused-ring (bicyclic) bond motifs is 1. The summed E-state index contributed by atoms with van der Waals surface area (Å²) < 4.78 is 18.3. The number of carbonyl (C=O) groups excluding carboxylic acids is 1. The fourth-order valence-electron chi connectivity index (χ4n) is 3.96. The Bertz CT molecular complexity index is 442. The smallest absolute Gasteiger partial charge is 0.169 e. The van der Waals surface area contributed by atoms with Crippen LogP contribution in [0.3, 0.4) is 0 Å². The largest absolute Gasteiger partial charge is 0.384 e. The second-order valence-electron chi connectivity index (χ2n) is 6.94. The summed E-state index contributed by atoms with van der Waals surface area (Å²) in [6.07, 6.45) is 6.19. The number of ether oxygens (including phenoxy) is 3. The first-order valence-electron chi connectivity index (χ1n) is 8.28. The van der Waals surface area contributed by atoms with E-state index in [2.05, 4.69) is 6.58 Å². The molecule has 0 bridgehead atoms. The number of hydrogen-bond acceptors (Lipinski definition) is 5. The summed E-state index contributed by atoms with van der Waals surface area (Å²) in [7, 11) is 0. The van der Waals surface area contributed by atoms with Gasteiger partial charge in [-0.1, -0.05) is 12.5 Å². The molecule has 2 heterocycles. The van der Waals surface area contributed by atoms with Gasteiger partial charge in [-0.25, -0.2) is 0 Å². The van der Waals surface area contributed by atoms with E-state index in [1.54, 1.807) is 13.0 Å². The van der Waals surface area contributed by atoms with Crippen molar-refractivity contribution in [2.75, 3.05) is 6.61 Å². The first-order chi connectivity index (χ1) is 10.5. The zero-order chi connectivity index (χ0) is 15.8. The molecule has 3 aliphatic rings. The molecule has 1 saturated carbocycles. The predicted octanol–water partition coefficient (Wildman–Crippen LogP) is 2.12. The molecule has 2 aliphatic heterocycles. The molecule has 0 amide bonds. The number of rotatable bonds is 4. The molecule has 4 atom stereocenters. The lowest BCUT2D eigenvalue weighted by Crippen LogP contribution is -2.60. The van der Waals surface area contributed by atoms with Crippen LogP contribution in [0.4, 0.5) is 0 Å². The van der Waals surface area contributed by atoms with Gasteiger partial charge in [0.05, 0.1) is 12.7 Å². The van der Waals surface area contributed by atoms with Crippen LogP contribution in [0.15, 0.2) is 12.7 Å². The Morgan fingerprint density at radius 1 is 1.32 bits per heavy atom. The molecule has 1 N–H and O–H groups in total. The summed E-state index contributed by atoms with van der Waals surface area (Å²) in [5.41, 5.74) is -1.12. The fourth-order valence-corrected chi connectivity index (χ4v) is 3.96. The highest BCUT2D eigenvalue weighted by atomic mass is 16.8. The van der Waals surface area contributed by atoms with Crippen molar-refractivity contribution in [1.29, 1.82) is 0 Å². The van der Waals surface area contributed by atoms with Crippen LogP contribution in [0.1, 0.15) is 51.9 Å². The number of ketones is 1. The zero-order valence-electron chi connectivity index (χ0n) is 13.3. The van der Waals surface area contributed by atoms with Gasteiger partial charge in [-0.15, -0.1) is 6.58 Å². The van der Waals surface area contributed by atoms with Crippen LogP contribution in [-0.4, -0.2) is 47.2 Å². The topological polar surface area (TPSA) is 65.0 Å². The minimum Gasteiger partial charge on any atom is -0.384 e. The molecular formula is C17H26O5. The maximum absolute atomic E-state index is 11.5. The Balaban J connectivity index is 1.84. The first-order valence-corrected chi connectivity index (χ1v) is 8.28. The standard InChI is InChI=1S/C17H26O5/c1-3-7-16(19)11-20-13(10-12(2)18)14-15(16)22-17(21-14)8-5-4-6-9-17/h3,13-15,19H,1,4-11H2,2H3/t13-,14-,15-,16+/m0/s1. The van der Waals surface area contributed by atoms with E-state index in [0.29, 0.717) is 12.8 Å². The Labute approximate surface area is 131 Å². The molecule has 0 aromatic heterocycles. The van der Waals surface area contributed by atoms with E-state index < -0.39 is 17.5 Å². The van der Waals surface area contributed by atoms with Gasteiger partial charge in [0, 0.05) is 19.3 Å². The highest BCUT2D eigenvalue weighted by molar-refractivity contribution is 5.76. The van der Waals surface area contributed by atoms with Crippen molar-refractivity contribution in [2.24, 2.45) is 0 Å². The Morgan fingerprint density at radius 3 is 2.68 bits per heavy atom. The van der Waals surface area contributed by atoms with Crippen LogP contribution < -0.4 is 0 Å². The highest BCUT2D eigenvalue weighted by Crippen LogP contribution is 2.47. The van der Waals surface area contributed by atoms with Gasteiger partial charge >= 0.3 is 0 Å². The number of hydrogen-bond donors (Lipinski definition) is 1. The fraction of sp³-hybridized carbons (Fsp3) is 0.824. The summed E-state index contributed by atoms with van der Waals surface area (Å²) in [4.78, 5) is 11.5. The number of carbonyl (C=O) groups is 1. The molecule has 2 saturated heterocycles. The summed E-state index contributed by atoms with van der Waals surface area (Å²) in [6, 6.07) is 0. The summed E-state index contributed by atoms with van der Waals surface area (Å²) >= 11 is 0. The van der Waals surface area contributed by atoms with Gasteiger partial charge in [0.15, 0.2) is 5.79 Å². The average Bonchev–Trinajstić information content (AvgIpc) is 2.84. The summed E-state index contributed by atoms with van der Waals surface area (Å²) in [5.74, 6) is -0.544. The average molecular weight is 310 g/mol. The van der Waals surface area contributed by atoms with Crippen molar-refractivity contribution in [3.8, 4) is 0 Å². The number of aliphatic hydroxyl groups is 1. The van der Waals surface area contributed by atoms with Crippen molar-refractivity contribution in [3.05, 3.63) is 12.7 Å². The third kappa shape index (κ3) is 2.87. The Morgan fingerprint density at radius 2 is 2.05 bits per heavy atom. The van der Waals surface area contributed by atoms with Gasteiger partial charge in [0.25, 0.3) is 0 Å². The molecule has 1 spiro atoms. The molecular weight excluding hydrogens is 284 g/mol. The van der Waals surface area contributed by atoms with E-state index >= 15 is 0 Å². The van der Waals surface area contributed by atoms with E-state index in [0.717, 1.165) is 25.7 Å². The lowest BCUT2D eigenvalue weighted by molar-refractivity contribution is -0.211. The van der Waals surface area contributed by atoms with Gasteiger partial charge < -0.3 is 19.3 Å². The second kappa shape index (κ2) is 6.04. The Kier molecular flexibility index (Phi) is 4.42. The molecule has 0 aromatic carbocycles. The maximum Gasteiger partial charge on any atom is 0.169 e.